The highest BCUT2D eigenvalue weighted by Crippen LogP contribution is 2.44. The quantitative estimate of drug-likeness (QED) is 0.160. The second-order valence-corrected chi connectivity index (χ2v) is 14.2. The van der Waals surface area contributed by atoms with Crippen molar-refractivity contribution in [2.75, 3.05) is 0 Å². The van der Waals surface area contributed by atoms with Crippen molar-refractivity contribution >= 4 is 43.5 Å². The Morgan fingerprint density at radius 2 is 0.807 bits per heavy atom. The van der Waals surface area contributed by atoms with Crippen LogP contribution in [0.3, 0.4) is 0 Å². The van der Waals surface area contributed by atoms with Gasteiger partial charge in [0.25, 0.3) is 0 Å². The molecular weight excluding hydrogens is 695 g/mol. The SMILES string of the molecule is c1ccc(-c2nc(-c3ccccc3)nc(-c3ccc(-c4cccc5c4nc(-c4ccccc4)c4c5ccc5c4c4ccccc4n5-c4ccccc4)cc3)n2)cc1. The number of fused-ring (bicyclic) bond motifs is 7. The number of para-hydroxylation sites is 3. The predicted molar refractivity (Wildman–Crippen MR) is 234 cm³/mol. The van der Waals surface area contributed by atoms with Gasteiger partial charge >= 0.3 is 0 Å². The lowest BCUT2D eigenvalue weighted by atomic mass is 9.93. The molecule has 11 rings (SSSR count). The van der Waals surface area contributed by atoms with Gasteiger partial charge in [0.05, 0.1) is 22.2 Å². The van der Waals surface area contributed by atoms with Gasteiger partial charge in [-0.3, -0.25) is 0 Å². The van der Waals surface area contributed by atoms with Crippen molar-refractivity contribution in [2.45, 2.75) is 0 Å². The van der Waals surface area contributed by atoms with Gasteiger partial charge in [0.1, 0.15) is 0 Å². The van der Waals surface area contributed by atoms with Crippen LogP contribution < -0.4 is 0 Å². The van der Waals surface area contributed by atoms with Gasteiger partial charge in [0.2, 0.25) is 0 Å². The van der Waals surface area contributed by atoms with Gasteiger partial charge in [-0.05, 0) is 35.2 Å². The summed E-state index contributed by atoms with van der Waals surface area (Å²) in [6.07, 6.45) is 0. The number of hydrogen-bond acceptors (Lipinski definition) is 4. The van der Waals surface area contributed by atoms with E-state index in [2.05, 4.69) is 144 Å². The van der Waals surface area contributed by atoms with E-state index < -0.39 is 0 Å². The fourth-order valence-electron chi connectivity index (χ4n) is 8.21. The molecule has 0 saturated heterocycles. The van der Waals surface area contributed by atoms with E-state index in [-0.39, 0.29) is 0 Å². The van der Waals surface area contributed by atoms with Gasteiger partial charge in [-0.2, -0.15) is 0 Å². The second-order valence-electron chi connectivity index (χ2n) is 14.2. The van der Waals surface area contributed by atoms with Crippen molar-refractivity contribution < 1.29 is 0 Å². The zero-order valence-corrected chi connectivity index (χ0v) is 30.8. The van der Waals surface area contributed by atoms with Gasteiger partial charge in [0.15, 0.2) is 17.5 Å². The van der Waals surface area contributed by atoms with E-state index in [0.29, 0.717) is 17.5 Å². The first-order chi connectivity index (χ1) is 28.3. The minimum absolute atomic E-state index is 0.626. The molecule has 266 valence electrons. The van der Waals surface area contributed by atoms with Crippen LogP contribution in [0.4, 0.5) is 0 Å². The van der Waals surface area contributed by atoms with E-state index in [1.807, 2.05) is 60.7 Å². The van der Waals surface area contributed by atoms with Gasteiger partial charge in [-0.1, -0.05) is 176 Å². The van der Waals surface area contributed by atoms with E-state index in [0.717, 1.165) is 66.6 Å². The summed E-state index contributed by atoms with van der Waals surface area (Å²) >= 11 is 0. The first kappa shape index (κ1) is 32.7. The Morgan fingerprint density at radius 3 is 1.44 bits per heavy atom. The van der Waals surface area contributed by atoms with Crippen molar-refractivity contribution in [2.24, 2.45) is 0 Å². The molecule has 0 aliphatic heterocycles. The second kappa shape index (κ2) is 13.5. The number of benzene rings is 8. The van der Waals surface area contributed by atoms with Crippen LogP contribution in [0.15, 0.2) is 200 Å². The Balaban J connectivity index is 1.11. The van der Waals surface area contributed by atoms with Gasteiger partial charge in [-0.25, -0.2) is 19.9 Å². The van der Waals surface area contributed by atoms with E-state index in [1.165, 1.54) is 21.7 Å². The Bertz CT molecular complexity index is 3190. The Hall–Kier alpha value is -7.76. The fraction of sp³-hybridized carbons (Fsp3) is 0. The highest BCUT2D eigenvalue weighted by molar-refractivity contribution is 6.29. The molecular formula is C52H33N5. The first-order valence-corrected chi connectivity index (χ1v) is 19.2. The minimum atomic E-state index is 0.626. The average Bonchev–Trinajstić information content (AvgIpc) is 3.64. The molecule has 0 amide bonds. The third-order valence-electron chi connectivity index (χ3n) is 10.8. The molecule has 5 heteroatoms. The summed E-state index contributed by atoms with van der Waals surface area (Å²) in [6, 6.07) is 69.7. The molecule has 0 spiro atoms. The van der Waals surface area contributed by atoms with Crippen molar-refractivity contribution in [3.05, 3.63) is 200 Å². The summed E-state index contributed by atoms with van der Waals surface area (Å²) in [6.45, 7) is 0. The summed E-state index contributed by atoms with van der Waals surface area (Å²) in [5.74, 6) is 1.91. The molecule has 8 aromatic carbocycles. The maximum absolute atomic E-state index is 5.62. The Kier molecular flexibility index (Phi) is 7.74. The highest BCUT2D eigenvalue weighted by atomic mass is 15.0. The average molecular weight is 728 g/mol. The fourth-order valence-corrected chi connectivity index (χ4v) is 8.21. The molecule has 0 N–H and O–H groups in total. The van der Waals surface area contributed by atoms with Crippen LogP contribution in [-0.2, 0) is 0 Å². The van der Waals surface area contributed by atoms with E-state index in [9.17, 15) is 0 Å². The van der Waals surface area contributed by atoms with Gasteiger partial charge in [0, 0.05) is 55.0 Å². The molecule has 0 aliphatic carbocycles. The number of rotatable bonds is 6. The summed E-state index contributed by atoms with van der Waals surface area (Å²) in [5, 5.41) is 5.85. The molecule has 11 aromatic rings. The third kappa shape index (κ3) is 5.56. The summed E-state index contributed by atoms with van der Waals surface area (Å²) < 4.78 is 2.37. The first-order valence-electron chi connectivity index (χ1n) is 19.2. The predicted octanol–water partition coefficient (Wildman–Crippen LogP) is 13.0. The molecule has 0 saturated carbocycles. The zero-order valence-electron chi connectivity index (χ0n) is 30.8. The van der Waals surface area contributed by atoms with Crippen molar-refractivity contribution in [3.63, 3.8) is 0 Å². The summed E-state index contributed by atoms with van der Waals surface area (Å²) in [5.41, 5.74) is 11.4. The third-order valence-corrected chi connectivity index (χ3v) is 10.8. The molecule has 0 bridgehead atoms. The largest absolute Gasteiger partial charge is 0.309 e. The molecule has 0 radical (unpaired) electrons. The molecule has 0 unspecified atom stereocenters. The van der Waals surface area contributed by atoms with E-state index in [4.69, 9.17) is 19.9 Å². The smallest absolute Gasteiger partial charge is 0.164 e. The van der Waals surface area contributed by atoms with Crippen LogP contribution in [0, 0.1) is 0 Å². The molecule has 5 nitrogen and oxygen atoms in total. The standard InChI is InChI=1S/C52H33N5/c1-5-16-35(17-6-1)48-47-41(32-33-45-46(47)43-24-13-14-27-44(43)57(45)39-22-11-4-12-23-39)42-26-15-25-40(49(42)53-48)34-28-30-38(31-29-34)52-55-50(36-18-7-2-8-19-36)54-51(56-52)37-20-9-3-10-21-37/h1-33H. The number of nitrogens with zero attached hydrogens (tertiary/aromatic N) is 5. The van der Waals surface area contributed by atoms with Crippen LogP contribution in [0.2, 0.25) is 0 Å². The van der Waals surface area contributed by atoms with Gasteiger partial charge < -0.3 is 4.57 Å². The zero-order chi connectivity index (χ0) is 37.7. The minimum Gasteiger partial charge on any atom is -0.309 e. The van der Waals surface area contributed by atoms with Gasteiger partial charge in [-0.15, -0.1) is 0 Å². The molecule has 0 fully saturated rings. The Labute approximate surface area is 329 Å². The number of pyridine rings is 1. The lowest BCUT2D eigenvalue weighted by Gasteiger charge is -2.15. The van der Waals surface area contributed by atoms with E-state index in [1.54, 1.807) is 0 Å². The number of aromatic nitrogens is 5. The maximum Gasteiger partial charge on any atom is 0.164 e. The topological polar surface area (TPSA) is 56.5 Å². The normalized spacial score (nSPS) is 11.5. The lowest BCUT2D eigenvalue weighted by molar-refractivity contribution is 1.07. The van der Waals surface area contributed by atoms with Crippen LogP contribution in [0.1, 0.15) is 0 Å². The lowest BCUT2D eigenvalue weighted by Crippen LogP contribution is -2.00. The van der Waals surface area contributed by atoms with Crippen LogP contribution >= 0.6 is 0 Å². The molecule has 3 aromatic heterocycles. The van der Waals surface area contributed by atoms with Crippen molar-refractivity contribution in [1.29, 1.82) is 0 Å². The summed E-state index contributed by atoms with van der Waals surface area (Å²) in [4.78, 5) is 20.4. The van der Waals surface area contributed by atoms with Crippen LogP contribution in [0.5, 0.6) is 0 Å². The monoisotopic (exact) mass is 727 g/mol. The number of hydrogen-bond donors (Lipinski definition) is 0. The van der Waals surface area contributed by atoms with Crippen molar-refractivity contribution in [1.82, 2.24) is 24.5 Å². The molecule has 3 heterocycles. The van der Waals surface area contributed by atoms with Crippen LogP contribution in [-0.4, -0.2) is 24.5 Å². The molecule has 57 heavy (non-hydrogen) atoms. The van der Waals surface area contributed by atoms with E-state index >= 15 is 0 Å². The van der Waals surface area contributed by atoms with Crippen molar-refractivity contribution in [3.8, 4) is 62.2 Å². The maximum atomic E-state index is 5.62. The summed E-state index contributed by atoms with van der Waals surface area (Å²) in [7, 11) is 0. The molecule has 0 atom stereocenters. The molecule has 0 aliphatic rings. The Morgan fingerprint density at radius 1 is 0.298 bits per heavy atom. The highest BCUT2D eigenvalue weighted by Gasteiger charge is 2.21. The van der Waals surface area contributed by atoms with Crippen LogP contribution in [0.25, 0.3) is 106 Å².